The highest BCUT2D eigenvalue weighted by molar-refractivity contribution is 6.02. The lowest BCUT2D eigenvalue weighted by molar-refractivity contribution is -0.150. The third-order valence-electron chi connectivity index (χ3n) is 3.58. The molecule has 0 aliphatic heterocycles. The van der Waals surface area contributed by atoms with E-state index in [0.717, 1.165) is 0 Å². The van der Waals surface area contributed by atoms with Crippen molar-refractivity contribution in [1.29, 1.82) is 0 Å². The van der Waals surface area contributed by atoms with Crippen LogP contribution in [0.25, 0.3) is 0 Å². The van der Waals surface area contributed by atoms with Gasteiger partial charge in [-0.25, -0.2) is 4.79 Å². The molecule has 0 saturated heterocycles. The average Bonchev–Trinajstić information content (AvgIpc) is 2.60. The maximum atomic E-state index is 12.4. The zero-order valence-electron chi connectivity index (χ0n) is 15.2. The smallest absolute Gasteiger partial charge is 0.342 e. The number of benzene rings is 1. The zero-order valence-corrected chi connectivity index (χ0v) is 15.2. The van der Waals surface area contributed by atoms with Crippen LogP contribution in [-0.2, 0) is 25.5 Å². The maximum absolute atomic E-state index is 12.4. The molecule has 7 nitrogen and oxygen atoms in total. The minimum Gasteiger partial charge on any atom is -0.497 e. The van der Waals surface area contributed by atoms with E-state index < -0.39 is 17.9 Å². The number of ether oxygens (including phenoxy) is 4. The van der Waals surface area contributed by atoms with Crippen LogP contribution in [0.5, 0.6) is 11.5 Å². The highest BCUT2D eigenvalue weighted by Crippen LogP contribution is 2.30. The van der Waals surface area contributed by atoms with Crippen molar-refractivity contribution in [2.75, 3.05) is 27.4 Å². The van der Waals surface area contributed by atoms with E-state index in [9.17, 15) is 14.4 Å². The van der Waals surface area contributed by atoms with Crippen molar-refractivity contribution in [3.05, 3.63) is 23.3 Å². The quantitative estimate of drug-likeness (QED) is 0.497. The minimum absolute atomic E-state index is 0.148. The summed E-state index contributed by atoms with van der Waals surface area (Å²) in [6.07, 6.45) is -0.151. The van der Waals surface area contributed by atoms with Gasteiger partial charge in [-0.15, -0.1) is 0 Å². The Morgan fingerprint density at radius 2 is 1.64 bits per heavy atom. The number of carbonyl (C=O) groups is 3. The van der Waals surface area contributed by atoms with Crippen LogP contribution in [0.2, 0.25) is 0 Å². The molecule has 0 N–H and O–H groups in total. The fourth-order valence-corrected chi connectivity index (χ4v) is 2.24. The largest absolute Gasteiger partial charge is 0.497 e. The molecule has 0 aliphatic carbocycles. The van der Waals surface area contributed by atoms with E-state index in [0.29, 0.717) is 11.3 Å². The first kappa shape index (κ1) is 20.5. The first-order valence-electron chi connectivity index (χ1n) is 8.00. The van der Waals surface area contributed by atoms with E-state index in [-0.39, 0.29) is 36.7 Å². The molecule has 0 heterocycles. The number of Topliss-reactive ketones (excluding diaryl/α,β-unsaturated/α-hetero) is 1. The summed E-state index contributed by atoms with van der Waals surface area (Å²) in [6, 6.07) is 3.10. The van der Waals surface area contributed by atoms with Gasteiger partial charge in [0, 0.05) is 12.5 Å². The summed E-state index contributed by atoms with van der Waals surface area (Å²) < 4.78 is 20.3. The molecule has 1 aromatic carbocycles. The van der Waals surface area contributed by atoms with Gasteiger partial charge in [0.15, 0.2) is 5.78 Å². The van der Waals surface area contributed by atoms with E-state index in [1.165, 1.54) is 27.2 Å². The highest BCUT2D eigenvalue weighted by atomic mass is 16.5. The van der Waals surface area contributed by atoms with E-state index in [1.54, 1.807) is 19.9 Å². The fourth-order valence-electron chi connectivity index (χ4n) is 2.24. The average molecular weight is 352 g/mol. The molecule has 0 radical (unpaired) electrons. The number of carbonyl (C=O) groups excluding carboxylic acids is 3. The standard InChI is InChI=1S/C18H24O7/c1-6-24-17(20)11(3)14(19)9-12-8-13(22-4)10-15(23-5)16(12)18(21)25-7-2/h8,10-11H,6-7,9H2,1-5H3. The normalized spacial score (nSPS) is 11.4. The molecule has 0 fully saturated rings. The summed E-state index contributed by atoms with van der Waals surface area (Å²) in [5.41, 5.74) is 0.519. The van der Waals surface area contributed by atoms with Crippen LogP contribution in [0.15, 0.2) is 12.1 Å². The third-order valence-corrected chi connectivity index (χ3v) is 3.58. The van der Waals surface area contributed by atoms with Gasteiger partial charge < -0.3 is 18.9 Å². The molecule has 0 aromatic heterocycles. The zero-order chi connectivity index (χ0) is 19.0. The van der Waals surface area contributed by atoms with E-state index in [4.69, 9.17) is 18.9 Å². The molecule has 0 bridgehead atoms. The predicted molar refractivity (Wildman–Crippen MR) is 90.0 cm³/mol. The number of methoxy groups -OCH3 is 2. The Kier molecular flexibility index (Phi) is 7.91. The first-order valence-corrected chi connectivity index (χ1v) is 8.00. The van der Waals surface area contributed by atoms with Crippen molar-refractivity contribution < 1.29 is 33.3 Å². The second kappa shape index (κ2) is 9.66. The summed E-state index contributed by atoms with van der Waals surface area (Å²) >= 11 is 0. The van der Waals surface area contributed by atoms with Gasteiger partial charge >= 0.3 is 11.9 Å². The molecular formula is C18H24O7. The van der Waals surface area contributed by atoms with Crippen LogP contribution in [0.1, 0.15) is 36.7 Å². The number of ketones is 1. The van der Waals surface area contributed by atoms with Gasteiger partial charge in [-0.3, -0.25) is 9.59 Å². The molecule has 1 aromatic rings. The number of esters is 2. The van der Waals surface area contributed by atoms with Crippen LogP contribution in [0.4, 0.5) is 0 Å². The number of hydrogen-bond acceptors (Lipinski definition) is 7. The molecule has 0 spiro atoms. The van der Waals surface area contributed by atoms with Crippen LogP contribution in [-0.4, -0.2) is 45.2 Å². The second-order valence-electron chi connectivity index (χ2n) is 5.20. The number of rotatable bonds is 9. The summed E-state index contributed by atoms with van der Waals surface area (Å²) in [5, 5.41) is 0. The van der Waals surface area contributed by atoms with Crippen LogP contribution < -0.4 is 9.47 Å². The van der Waals surface area contributed by atoms with Gasteiger partial charge in [-0.1, -0.05) is 0 Å². The Hall–Kier alpha value is -2.57. The van der Waals surface area contributed by atoms with Gasteiger partial charge in [-0.2, -0.15) is 0 Å². The van der Waals surface area contributed by atoms with Crippen LogP contribution in [0.3, 0.4) is 0 Å². The molecule has 0 aliphatic rings. The van der Waals surface area contributed by atoms with Gasteiger partial charge in [-0.05, 0) is 32.4 Å². The Labute approximate surface area is 147 Å². The SMILES string of the molecule is CCOC(=O)c1c(CC(=O)C(C)C(=O)OCC)cc(OC)cc1OC. The van der Waals surface area contributed by atoms with Crippen LogP contribution >= 0.6 is 0 Å². The van der Waals surface area contributed by atoms with Crippen molar-refractivity contribution in [2.24, 2.45) is 5.92 Å². The molecule has 0 saturated carbocycles. The van der Waals surface area contributed by atoms with E-state index >= 15 is 0 Å². The summed E-state index contributed by atoms with van der Waals surface area (Å²) in [4.78, 5) is 36.5. The van der Waals surface area contributed by atoms with Gasteiger partial charge in [0.25, 0.3) is 0 Å². The monoisotopic (exact) mass is 352 g/mol. The number of hydrogen-bond donors (Lipinski definition) is 0. The predicted octanol–water partition coefficient (Wildman–Crippen LogP) is 2.19. The van der Waals surface area contributed by atoms with Crippen molar-refractivity contribution >= 4 is 17.7 Å². The lowest BCUT2D eigenvalue weighted by Crippen LogP contribution is -2.25. The van der Waals surface area contributed by atoms with E-state index in [2.05, 4.69) is 0 Å². The second-order valence-corrected chi connectivity index (χ2v) is 5.20. The summed E-state index contributed by atoms with van der Waals surface area (Å²) in [6.45, 7) is 5.20. The lowest BCUT2D eigenvalue weighted by Gasteiger charge is -2.16. The molecule has 7 heteroatoms. The maximum Gasteiger partial charge on any atom is 0.342 e. The van der Waals surface area contributed by atoms with Crippen molar-refractivity contribution in [1.82, 2.24) is 0 Å². The van der Waals surface area contributed by atoms with Crippen molar-refractivity contribution in [3.63, 3.8) is 0 Å². The van der Waals surface area contributed by atoms with Gasteiger partial charge in [0.2, 0.25) is 0 Å². The summed E-state index contributed by atoms with van der Waals surface area (Å²) in [7, 11) is 2.87. The fraction of sp³-hybridized carbons (Fsp3) is 0.500. The van der Waals surface area contributed by atoms with Crippen molar-refractivity contribution in [2.45, 2.75) is 27.2 Å². The Morgan fingerprint density at radius 1 is 1.00 bits per heavy atom. The minimum atomic E-state index is -0.938. The molecule has 0 amide bonds. The molecule has 1 rings (SSSR count). The van der Waals surface area contributed by atoms with Crippen LogP contribution in [0, 0.1) is 5.92 Å². The molecule has 25 heavy (non-hydrogen) atoms. The molecular weight excluding hydrogens is 328 g/mol. The van der Waals surface area contributed by atoms with Crippen molar-refractivity contribution in [3.8, 4) is 11.5 Å². The Balaban J connectivity index is 3.24. The van der Waals surface area contributed by atoms with E-state index in [1.807, 2.05) is 0 Å². The third kappa shape index (κ3) is 5.20. The topological polar surface area (TPSA) is 88.1 Å². The Morgan fingerprint density at radius 3 is 2.16 bits per heavy atom. The lowest BCUT2D eigenvalue weighted by atomic mass is 9.95. The molecule has 1 unspecified atom stereocenters. The Bertz CT molecular complexity index is 637. The molecule has 1 atom stereocenters. The van der Waals surface area contributed by atoms with Gasteiger partial charge in [0.05, 0.1) is 27.4 Å². The summed E-state index contributed by atoms with van der Waals surface area (Å²) in [5.74, 6) is -1.85. The first-order chi connectivity index (χ1) is 11.9. The highest BCUT2D eigenvalue weighted by Gasteiger charge is 2.27. The molecule has 138 valence electrons. The van der Waals surface area contributed by atoms with Gasteiger partial charge in [0.1, 0.15) is 23.0 Å².